The van der Waals surface area contributed by atoms with Crippen LogP contribution in [-0.2, 0) is 9.59 Å². The lowest BCUT2D eigenvalue weighted by molar-refractivity contribution is -0.131. The van der Waals surface area contributed by atoms with Gasteiger partial charge >= 0.3 is 0 Å². The van der Waals surface area contributed by atoms with E-state index < -0.39 is 0 Å². The molecule has 0 atom stereocenters. The van der Waals surface area contributed by atoms with Gasteiger partial charge in [0.25, 0.3) is 5.91 Å². The van der Waals surface area contributed by atoms with Crippen LogP contribution in [0.15, 0.2) is 54.6 Å². The second-order valence-corrected chi connectivity index (χ2v) is 10.8. The van der Waals surface area contributed by atoms with Gasteiger partial charge in [0, 0.05) is 44.8 Å². The molecule has 2 aromatic carbocycles. The Kier molecular flexibility index (Phi) is 8.83. The van der Waals surface area contributed by atoms with Crippen LogP contribution in [0.25, 0.3) is 0 Å². The third-order valence-electron chi connectivity index (χ3n) is 5.76. The molecule has 1 N–H and O–H groups in total. The molecular formula is C25H31N3O3S2. The summed E-state index contributed by atoms with van der Waals surface area (Å²) in [6.45, 7) is 3.35. The molecule has 0 aromatic heterocycles. The van der Waals surface area contributed by atoms with Gasteiger partial charge in [0.15, 0.2) is 6.61 Å². The van der Waals surface area contributed by atoms with Crippen molar-refractivity contribution in [1.29, 1.82) is 0 Å². The molecule has 0 spiro atoms. The van der Waals surface area contributed by atoms with Gasteiger partial charge in [-0.15, -0.1) is 23.5 Å². The molecule has 6 nitrogen and oxygen atoms in total. The Labute approximate surface area is 204 Å². The van der Waals surface area contributed by atoms with E-state index in [1.165, 1.54) is 29.2 Å². The fourth-order valence-electron chi connectivity index (χ4n) is 3.92. The van der Waals surface area contributed by atoms with E-state index in [2.05, 4.69) is 34.5 Å². The lowest BCUT2D eigenvalue weighted by Crippen LogP contribution is -2.49. The van der Waals surface area contributed by atoms with E-state index in [-0.39, 0.29) is 18.4 Å². The fraction of sp³-hybridized carbons (Fsp3) is 0.440. The van der Waals surface area contributed by atoms with Crippen molar-refractivity contribution in [3.63, 3.8) is 0 Å². The summed E-state index contributed by atoms with van der Waals surface area (Å²) in [5.74, 6) is 2.98. The Morgan fingerprint density at radius 2 is 1.64 bits per heavy atom. The smallest absolute Gasteiger partial charge is 0.257 e. The number of nitrogens with one attached hydrogen (secondary N) is 1. The topological polar surface area (TPSA) is 61.9 Å². The standard InChI is InChI=1S/C25H31N3O3S2/c29-23(19-31-22-9-7-20(8-10-22)25-32-17-4-18-33-25)26-12-11-24(30)28-15-13-27(14-16-28)21-5-2-1-3-6-21/h1-3,5-10,25H,4,11-19H2,(H,26,29). The van der Waals surface area contributed by atoms with Gasteiger partial charge in [-0.05, 0) is 47.8 Å². The number of amides is 2. The lowest BCUT2D eigenvalue weighted by atomic mass is 10.2. The van der Waals surface area contributed by atoms with Crippen LogP contribution in [0.3, 0.4) is 0 Å². The zero-order valence-corrected chi connectivity index (χ0v) is 20.4. The first-order valence-corrected chi connectivity index (χ1v) is 13.6. The summed E-state index contributed by atoms with van der Waals surface area (Å²) in [6.07, 6.45) is 1.58. The molecule has 2 fully saturated rings. The Bertz CT molecular complexity index is 897. The van der Waals surface area contributed by atoms with E-state index in [0.717, 1.165) is 13.1 Å². The van der Waals surface area contributed by atoms with Gasteiger partial charge in [0.2, 0.25) is 5.91 Å². The number of rotatable bonds is 8. The van der Waals surface area contributed by atoms with E-state index in [9.17, 15) is 9.59 Å². The summed E-state index contributed by atoms with van der Waals surface area (Å²) in [5, 5.41) is 2.79. The molecule has 0 radical (unpaired) electrons. The molecule has 2 aliphatic heterocycles. The molecule has 2 amide bonds. The van der Waals surface area contributed by atoms with Gasteiger partial charge in [0.1, 0.15) is 5.75 Å². The van der Waals surface area contributed by atoms with Crippen molar-refractivity contribution in [3.8, 4) is 5.75 Å². The minimum atomic E-state index is -0.209. The summed E-state index contributed by atoms with van der Waals surface area (Å²) < 4.78 is 6.11. The maximum Gasteiger partial charge on any atom is 0.257 e. The predicted octanol–water partition coefficient (Wildman–Crippen LogP) is 3.79. The average Bonchev–Trinajstić information content (AvgIpc) is 2.89. The maximum atomic E-state index is 12.5. The third-order valence-corrected chi connectivity index (χ3v) is 8.78. The first-order valence-electron chi connectivity index (χ1n) is 11.5. The highest BCUT2D eigenvalue weighted by atomic mass is 32.2. The van der Waals surface area contributed by atoms with Gasteiger partial charge in [-0.2, -0.15) is 0 Å². The van der Waals surface area contributed by atoms with Crippen LogP contribution in [-0.4, -0.2) is 67.6 Å². The monoisotopic (exact) mass is 485 g/mol. The molecule has 0 saturated carbocycles. The van der Waals surface area contributed by atoms with Gasteiger partial charge < -0.3 is 19.9 Å². The molecule has 2 saturated heterocycles. The summed E-state index contributed by atoms with van der Waals surface area (Å²) >= 11 is 3.97. The number of carbonyl (C=O) groups excluding carboxylic acids is 2. The zero-order chi connectivity index (χ0) is 22.9. The van der Waals surface area contributed by atoms with E-state index in [0.29, 0.717) is 36.4 Å². The van der Waals surface area contributed by atoms with E-state index in [1.807, 2.05) is 58.8 Å². The molecule has 2 aromatic rings. The van der Waals surface area contributed by atoms with Crippen molar-refractivity contribution < 1.29 is 14.3 Å². The number of hydrogen-bond acceptors (Lipinski definition) is 6. The molecule has 0 bridgehead atoms. The Balaban J connectivity index is 1.11. The molecule has 0 unspecified atom stereocenters. The van der Waals surface area contributed by atoms with E-state index in [1.54, 1.807) is 0 Å². The summed E-state index contributed by atoms with van der Waals surface area (Å²) in [6, 6.07) is 18.3. The second kappa shape index (κ2) is 12.2. The second-order valence-electron chi connectivity index (χ2n) is 8.09. The molecule has 33 heavy (non-hydrogen) atoms. The number of nitrogens with zero attached hydrogens (tertiary/aromatic N) is 2. The maximum absolute atomic E-state index is 12.5. The Morgan fingerprint density at radius 1 is 0.939 bits per heavy atom. The van der Waals surface area contributed by atoms with Gasteiger partial charge in [0.05, 0.1) is 4.58 Å². The van der Waals surface area contributed by atoms with Crippen molar-refractivity contribution in [2.75, 3.05) is 55.7 Å². The minimum absolute atomic E-state index is 0.0454. The molecule has 2 aliphatic rings. The number of carbonyl (C=O) groups is 2. The first-order chi connectivity index (χ1) is 16.2. The molecule has 4 rings (SSSR count). The van der Waals surface area contributed by atoms with Crippen LogP contribution in [0.1, 0.15) is 23.0 Å². The van der Waals surface area contributed by atoms with Crippen LogP contribution >= 0.6 is 23.5 Å². The number of thioether (sulfide) groups is 2. The Hall–Kier alpha value is -2.32. The number of ether oxygens (including phenoxy) is 1. The van der Waals surface area contributed by atoms with Crippen molar-refractivity contribution in [2.24, 2.45) is 0 Å². The highest BCUT2D eigenvalue weighted by Crippen LogP contribution is 2.43. The number of para-hydroxylation sites is 1. The van der Waals surface area contributed by atoms with Gasteiger partial charge in [-0.3, -0.25) is 9.59 Å². The number of piperazine rings is 1. The average molecular weight is 486 g/mol. The third kappa shape index (κ3) is 7.08. The molecule has 8 heteroatoms. The normalized spacial score (nSPS) is 17.0. The first kappa shape index (κ1) is 23.8. The van der Waals surface area contributed by atoms with E-state index >= 15 is 0 Å². The van der Waals surface area contributed by atoms with Crippen LogP contribution < -0.4 is 15.0 Å². The van der Waals surface area contributed by atoms with Crippen LogP contribution in [0.4, 0.5) is 5.69 Å². The van der Waals surface area contributed by atoms with E-state index in [4.69, 9.17) is 4.74 Å². The number of anilines is 1. The summed E-state index contributed by atoms with van der Waals surface area (Å²) in [7, 11) is 0. The highest BCUT2D eigenvalue weighted by molar-refractivity contribution is 8.16. The Morgan fingerprint density at radius 3 is 2.33 bits per heavy atom. The van der Waals surface area contributed by atoms with Gasteiger partial charge in [-0.1, -0.05) is 30.3 Å². The minimum Gasteiger partial charge on any atom is -0.484 e. The van der Waals surface area contributed by atoms with Crippen molar-refractivity contribution >= 4 is 41.0 Å². The quantitative estimate of drug-likeness (QED) is 0.614. The van der Waals surface area contributed by atoms with Crippen LogP contribution in [0.5, 0.6) is 5.75 Å². The van der Waals surface area contributed by atoms with Crippen molar-refractivity contribution in [2.45, 2.75) is 17.4 Å². The SMILES string of the molecule is O=C(COc1ccc(C2SCCCS2)cc1)NCCC(=O)N1CCN(c2ccccc2)CC1. The van der Waals surface area contributed by atoms with Crippen molar-refractivity contribution in [3.05, 3.63) is 60.2 Å². The van der Waals surface area contributed by atoms with Crippen LogP contribution in [0, 0.1) is 0 Å². The zero-order valence-electron chi connectivity index (χ0n) is 18.8. The summed E-state index contributed by atoms with van der Waals surface area (Å²) in [5.41, 5.74) is 2.49. The molecule has 2 heterocycles. The molecule has 0 aliphatic carbocycles. The predicted molar refractivity (Wildman–Crippen MR) is 137 cm³/mol. The summed E-state index contributed by atoms with van der Waals surface area (Å²) in [4.78, 5) is 28.8. The highest BCUT2D eigenvalue weighted by Gasteiger charge is 2.21. The molecular weight excluding hydrogens is 454 g/mol. The number of benzene rings is 2. The van der Waals surface area contributed by atoms with Crippen molar-refractivity contribution in [1.82, 2.24) is 10.2 Å². The molecule has 176 valence electrons. The number of hydrogen-bond donors (Lipinski definition) is 1. The lowest BCUT2D eigenvalue weighted by Gasteiger charge is -2.36. The largest absolute Gasteiger partial charge is 0.484 e. The fourth-order valence-corrected chi connectivity index (χ4v) is 6.82. The van der Waals surface area contributed by atoms with Crippen LogP contribution in [0.2, 0.25) is 0 Å². The van der Waals surface area contributed by atoms with Gasteiger partial charge in [-0.25, -0.2) is 0 Å².